The molecule has 2 fully saturated rings. The highest BCUT2D eigenvalue weighted by Gasteiger charge is 2.57. The van der Waals surface area contributed by atoms with E-state index in [1.54, 1.807) is 7.11 Å². The van der Waals surface area contributed by atoms with Crippen molar-refractivity contribution in [1.82, 2.24) is 5.32 Å². The number of piperidine rings is 1. The molecule has 1 aromatic carbocycles. The number of amides is 1. The molecule has 1 saturated heterocycles. The van der Waals surface area contributed by atoms with Crippen LogP contribution in [0.3, 0.4) is 0 Å². The molecule has 4 nitrogen and oxygen atoms in total. The van der Waals surface area contributed by atoms with Crippen molar-refractivity contribution in [1.29, 1.82) is 0 Å². The van der Waals surface area contributed by atoms with Gasteiger partial charge in [-0.05, 0) is 62.4 Å². The number of hydrogen-bond donors (Lipinski definition) is 2. The van der Waals surface area contributed by atoms with Crippen LogP contribution >= 0.6 is 15.9 Å². The molecule has 2 N–H and O–H groups in total. The van der Waals surface area contributed by atoms with Gasteiger partial charge in [-0.1, -0.05) is 15.9 Å². The fourth-order valence-corrected chi connectivity index (χ4v) is 3.99. The van der Waals surface area contributed by atoms with Gasteiger partial charge in [0.2, 0.25) is 5.91 Å². The molecule has 21 heavy (non-hydrogen) atoms. The van der Waals surface area contributed by atoms with Crippen molar-refractivity contribution < 1.29 is 9.53 Å². The van der Waals surface area contributed by atoms with Gasteiger partial charge in [0.1, 0.15) is 5.75 Å². The highest BCUT2D eigenvalue weighted by Crippen LogP contribution is 2.59. The van der Waals surface area contributed by atoms with E-state index in [4.69, 9.17) is 4.74 Å². The molecule has 114 valence electrons. The standard InChI is InChI=1S/C16H21BrN2O2/c1-10-7-11(17)8-13(21-2)14(10)19-15(20)12-9-16(12)3-5-18-6-4-16/h7-8,12,18H,3-6,9H2,1-2H3,(H,19,20). The predicted molar refractivity (Wildman–Crippen MR) is 86.7 cm³/mol. The maximum Gasteiger partial charge on any atom is 0.228 e. The molecule has 5 heteroatoms. The number of methoxy groups -OCH3 is 1. The summed E-state index contributed by atoms with van der Waals surface area (Å²) >= 11 is 3.45. The lowest BCUT2D eigenvalue weighted by Gasteiger charge is -2.23. The Morgan fingerprint density at radius 2 is 2.14 bits per heavy atom. The van der Waals surface area contributed by atoms with Crippen LogP contribution in [-0.2, 0) is 4.79 Å². The lowest BCUT2D eigenvalue weighted by atomic mass is 9.91. The molecule has 0 radical (unpaired) electrons. The quantitative estimate of drug-likeness (QED) is 0.878. The maximum atomic E-state index is 12.6. The summed E-state index contributed by atoms with van der Waals surface area (Å²) in [6.45, 7) is 4.05. The van der Waals surface area contributed by atoms with E-state index in [2.05, 4.69) is 26.6 Å². The number of nitrogens with one attached hydrogen (secondary N) is 2. The number of halogens is 1. The molecule has 0 aromatic heterocycles. The number of aryl methyl sites for hydroxylation is 1. The van der Waals surface area contributed by atoms with E-state index in [0.717, 1.165) is 48.1 Å². The summed E-state index contributed by atoms with van der Waals surface area (Å²) in [5, 5.41) is 6.45. The van der Waals surface area contributed by atoms with Gasteiger partial charge in [-0.25, -0.2) is 0 Å². The van der Waals surface area contributed by atoms with Gasteiger partial charge in [-0.3, -0.25) is 4.79 Å². The van der Waals surface area contributed by atoms with Crippen LogP contribution < -0.4 is 15.4 Å². The summed E-state index contributed by atoms with van der Waals surface area (Å²) in [6.07, 6.45) is 3.25. The van der Waals surface area contributed by atoms with Gasteiger partial charge >= 0.3 is 0 Å². The molecular weight excluding hydrogens is 332 g/mol. The van der Waals surface area contributed by atoms with Crippen LogP contribution in [0.4, 0.5) is 5.69 Å². The second-order valence-corrected chi connectivity index (χ2v) is 7.07. The van der Waals surface area contributed by atoms with E-state index in [0.29, 0.717) is 5.75 Å². The van der Waals surface area contributed by atoms with Gasteiger partial charge < -0.3 is 15.4 Å². The second kappa shape index (κ2) is 5.61. The van der Waals surface area contributed by atoms with Crippen LogP contribution in [0.25, 0.3) is 0 Å². The lowest BCUT2D eigenvalue weighted by Crippen LogP contribution is -2.31. The number of benzene rings is 1. The number of hydrogen-bond acceptors (Lipinski definition) is 3. The summed E-state index contributed by atoms with van der Waals surface area (Å²) < 4.78 is 6.35. The van der Waals surface area contributed by atoms with Crippen molar-refractivity contribution in [2.24, 2.45) is 11.3 Å². The summed E-state index contributed by atoms with van der Waals surface area (Å²) in [5.74, 6) is 1.00. The minimum atomic E-state index is 0.139. The van der Waals surface area contributed by atoms with Crippen LogP contribution in [0.5, 0.6) is 5.75 Å². The zero-order valence-corrected chi connectivity index (χ0v) is 14.0. The highest BCUT2D eigenvalue weighted by molar-refractivity contribution is 9.10. The number of anilines is 1. The molecule has 0 bridgehead atoms. The van der Waals surface area contributed by atoms with Crippen molar-refractivity contribution >= 4 is 27.5 Å². The van der Waals surface area contributed by atoms with E-state index >= 15 is 0 Å². The topological polar surface area (TPSA) is 50.4 Å². The first-order chi connectivity index (χ1) is 10.1. The third-order valence-electron chi connectivity index (χ3n) is 4.84. The average Bonchev–Trinajstić information content (AvgIpc) is 3.15. The van der Waals surface area contributed by atoms with Gasteiger partial charge in [0, 0.05) is 10.4 Å². The summed E-state index contributed by atoms with van der Waals surface area (Å²) in [6, 6.07) is 3.88. The Morgan fingerprint density at radius 1 is 1.43 bits per heavy atom. The van der Waals surface area contributed by atoms with Gasteiger partial charge in [0.15, 0.2) is 0 Å². The Labute approximate surface area is 133 Å². The molecule has 2 aliphatic rings. The normalized spacial score (nSPS) is 22.9. The molecule has 1 heterocycles. The van der Waals surface area contributed by atoms with Crippen molar-refractivity contribution in [3.05, 3.63) is 22.2 Å². The fraction of sp³-hybridized carbons (Fsp3) is 0.562. The number of ether oxygens (including phenoxy) is 1. The second-order valence-electron chi connectivity index (χ2n) is 6.16. The van der Waals surface area contributed by atoms with Crippen molar-refractivity contribution in [3.63, 3.8) is 0 Å². The molecule has 1 aromatic rings. The first-order valence-electron chi connectivity index (χ1n) is 7.41. The Balaban J connectivity index is 1.74. The van der Waals surface area contributed by atoms with Crippen molar-refractivity contribution in [3.8, 4) is 5.75 Å². The van der Waals surface area contributed by atoms with Crippen LogP contribution in [-0.4, -0.2) is 26.1 Å². The van der Waals surface area contributed by atoms with E-state index in [9.17, 15) is 4.79 Å². The molecule has 1 spiro atoms. The van der Waals surface area contributed by atoms with Crippen molar-refractivity contribution in [2.75, 3.05) is 25.5 Å². The number of carbonyl (C=O) groups is 1. The Kier molecular flexibility index (Phi) is 3.97. The zero-order chi connectivity index (χ0) is 15.0. The van der Waals surface area contributed by atoms with Crippen LogP contribution in [0.2, 0.25) is 0 Å². The minimum absolute atomic E-state index is 0.139. The van der Waals surface area contributed by atoms with Gasteiger partial charge in [0.25, 0.3) is 0 Å². The van der Waals surface area contributed by atoms with E-state index in [1.807, 2.05) is 19.1 Å². The Morgan fingerprint density at radius 3 is 2.81 bits per heavy atom. The molecule has 1 amide bonds. The Bertz CT molecular complexity index is 568. The zero-order valence-electron chi connectivity index (χ0n) is 12.5. The molecular formula is C16H21BrN2O2. The third-order valence-corrected chi connectivity index (χ3v) is 5.30. The first kappa shape index (κ1) is 14.9. The summed E-state index contributed by atoms with van der Waals surface area (Å²) in [5.41, 5.74) is 2.06. The van der Waals surface area contributed by atoms with Crippen LogP contribution in [0.1, 0.15) is 24.8 Å². The average molecular weight is 353 g/mol. The van der Waals surface area contributed by atoms with Gasteiger partial charge in [0.05, 0.1) is 12.8 Å². The molecule has 1 aliphatic heterocycles. The van der Waals surface area contributed by atoms with Gasteiger partial charge in [-0.15, -0.1) is 0 Å². The number of rotatable bonds is 3. The highest BCUT2D eigenvalue weighted by atomic mass is 79.9. The largest absolute Gasteiger partial charge is 0.495 e. The first-order valence-corrected chi connectivity index (χ1v) is 8.21. The molecule has 1 saturated carbocycles. The molecule has 3 rings (SSSR count). The lowest BCUT2D eigenvalue weighted by molar-refractivity contribution is -0.118. The van der Waals surface area contributed by atoms with Crippen LogP contribution in [0.15, 0.2) is 16.6 Å². The minimum Gasteiger partial charge on any atom is -0.495 e. The maximum absolute atomic E-state index is 12.6. The van der Waals surface area contributed by atoms with E-state index in [-0.39, 0.29) is 17.2 Å². The summed E-state index contributed by atoms with van der Waals surface area (Å²) in [7, 11) is 1.63. The monoisotopic (exact) mass is 352 g/mol. The third kappa shape index (κ3) is 2.81. The van der Waals surface area contributed by atoms with Crippen LogP contribution in [0, 0.1) is 18.3 Å². The fourth-order valence-electron chi connectivity index (χ4n) is 3.44. The SMILES string of the molecule is COc1cc(Br)cc(C)c1NC(=O)C1CC12CCNCC2. The van der Waals surface area contributed by atoms with E-state index in [1.165, 1.54) is 0 Å². The van der Waals surface area contributed by atoms with Crippen molar-refractivity contribution in [2.45, 2.75) is 26.2 Å². The Hall–Kier alpha value is -1.07. The molecule has 1 unspecified atom stereocenters. The predicted octanol–water partition coefficient (Wildman–Crippen LogP) is 3.09. The number of carbonyl (C=O) groups excluding carboxylic acids is 1. The van der Waals surface area contributed by atoms with E-state index < -0.39 is 0 Å². The smallest absolute Gasteiger partial charge is 0.228 e. The molecule has 1 atom stereocenters. The molecule has 1 aliphatic carbocycles. The van der Waals surface area contributed by atoms with Gasteiger partial charge in [-0.2, -0.15) is 0 Å². The summed E-state index contributed by atoms with van der Waals surface area (Å²) in [4.78, 5) is 12.6.